The molecule has 0 fully saturated rings. The van der Waals surface area contributed by atoms with Crippen molar-refractivity contribution < 1.29 is 8.95 Å². The third kappa shape index (κ3) is 3.87. The van der Waals surface area contributed by atoms with Gasteiger partial charge in [-0.3, -0.25) is 4.21 Å². The van der Waals surface area contributed by atoms with Gasteiger partial charge in [-0.2, -0.15) is 0 Å². The Hall–Kier alpha value is -1.10. The molecule has 1 aromatic rings. The number of pyridine rings is 1. The minimum atomic E-state index is -0.809. The van der Waals surface area contributed by atoms with Crippen LogP contribution in [0, 0.1) is 0 Å². The predicted molar refractivity (Wildman–Crippen MR) is 62.8 cm³/mol. The summed E-state index contributed by atoms with van der Waals surface area (Å²) in [6.45, 7) is 1.97. The summed E-state index contributed by atoms with van der Waals surface area (Å²) in [5, 5.41) is 3.16. The molecule has 5 heteroatoms. The minimum absolute atomic E-state index is 0.111. The third-order valence-electron chi connectivity index (χ3n) is 1.86. The summed E-state index contributed by atoms with van der Waals surface area (Å²) in [4.78, 5) is 4.16. The number of anilines is 1. The van der Waals surface area contributed by atoms with Crippen molar-refractivity contribution in [3.8, 4) is 5.75 Å². The van der Waals surface area contributed by atoms with Crippen LogP contribution in [-0.4, -0.2) is 34.4 Å². The van der Waals surface area contributed by atoms with Crippen molar-refractivity contribution >= 4 is 16.6 Å². The van der Waals surface area contributed by atoms with E-state index in [1.54, 1.807) is 19.6 Å². The van der Waals surface area contributed by atoms with Gasteiger partial charge in [-0.05, 0) is 19.1 Å². The zero-order valence-electron chi connectivity index (χ0n) is 9.19. The molecule has 0 bridgehead atoms. The molecule has 2 unspecified atom stereocenters. The predicted octanol–water partition coefficient (Wildman–Crippen LogP) is 1.27. The highest BCUT2D eigenvalue weighted by molar-refractivity contribution is 7.84. The Morgan fingerprint density at radius 3 is 3.00 bits per heavy atom. The van der Waals surface area contributed by atoms with Crippen LogP contribution in [0.25, 0.3) is 0 Å². The Balaban J connectivity index is 2.67. The summed E-state index contributed by atoms with van der Waals surface area (Å²) >= 11 is 0. The number of aromatic nitrogens is 1. The smallest absolute Gasteiger partial charge is 0.168 e. The van der Waals surface area contributed by atoms with Crippen LogP contribution >= 0.6 is 0 Å². The van der Waals surface area contributed by atoms with Gasteiger partial charge in [0.05, 0.1) is 7.11 Å². The summed E-state index contributed by atoms with van der Waals surface area (Å²) < 4.78 is 16.2. The minimum Gasteiger partial charge on any atom is -0.493 e. The van der Waals surface area contributed by atoms with Gasteiger partial charge in [0.25, 0.3) is 0 Å². The van der Waals surface area contributed by atoms with Crippen molar-refractivity contribution in [3.05, 3.63) is 18.3 Å². The largest absolute Gasteiger partial charge is 0.493 e. The van der Waals surface area contributed by atoms with E-state index in [1.165, 1.54) is 0 Å². The molecule has 1 aromatic heterocycles. The molecule has 0 aliphatic rings. The SMILES string of the molecule is COc1cccnc1NC(C)CS(C)=O. The molecule has 0 saturated carbocycles. The van der Waals surface area contributed by atoms with E-state index in [9.17, 15) is 4.21 Å². The lowest BCUT2D eigenvalue weighted by Crippen LogP contribution is -2.23. The summed E-state index contributed by atoms with van der Waals surface area (Å²) in [6.07, 6.45) is 3.38. The number of hydrogen-bond acceptors (Lipinski definition) is 4. The molecule has 0 radical (unpaired) electrons. The average Bonchev–Trinajstić information content (AvgIpc) is 2.17. The van der Waals surface area contributed by atoms with Crippen LogP contribution in [0.3, 0.4) is 0 Å². The normalized spacial score (nSPS) is 14.3. The maximum Gasteiger partial charge on any atom is 0.168 e. The molecule has 0 saturated heterocycles. The second kappa shape index (κ2) is 5.70. The van der Waals surface area contributed by atoms with Gasteiger partial charge in [-0.1, -0.05) is 0 Å². The molecule has 0 aliphatic carbocycles. The van der Waals surface area contributed by atoms with Crippen molar-refractivity contribution in [2.75, 3.05) is 24.4 Å². The first-order valence-electron chi connectivity index (χ1n) is 4.69. The van der Waals surface area contributed by atoms with Gasteiger partial charge in [0.15, 0.2) is 11.6 Å². The van der Waals surface area contributed by atoms with E-state index in [0.29, 0.717) is 17.3 Å². The summed E-state index contributed by atoms with van der Waals surface area (Å²) in [5.74, 6) is 1.99. The maximum absolute atomic E-state index is 11.0. The molecule has 0 aromatic carbocycles. The number of rotatable bonds is 5. The number of nitrogens with zero attached hydrogens (tertiary/aromatic N) is 1. The number of nitrogens with one attached hydrogen (secondary N) is 1. The van der Waals surface area contributed by atoms with Crippen LogP contribution in [0.15, 0.2) is 18.3 Å². The number of hydrogen-bond donors (Lipinski definition) is 1. The summed E-state index contributed by atoms with van der Waals surface area (Å²) in [5.41, 5.74) is 0. The maximum atomic E-state index is 11.0. The van der Waals surface area contributed by atoms with Gasteiger partial charge in [0, 0.05) is 35.0 Å². The van der Waals surface area contributed by atoms with Crippen molar-refractivity contribution in [3.63, 3.8) is 0 Å². The Kier molecular flexibility index (Phi) is 4.55. The van der Waals surface area contributed by atoms with Gasteiger partial charge < -0.3 is 10.1 Å². The van der Waals surface area contributed by atoms with Gasteiger partial charge in [0.1, 0.15) is 0 Å². The van der Waals surface area contributed by atoms with E-state index in [2.05, 4.69) is 10.3 Å². The van der Waals surface area contributed by atoms with E-state index in [-0.39, 0.29) is 6.04 Å². The molecular formula is C10H16N2O2S. The second-order valence-corrected chi connectivity index (χ2v) is 4.82. The molecule has 2 atom stereocenters. The topological polar surface area (TPSA) is 51.2 Å². The van der Waals surface area contributed by atoms with Crippen LogP contribution in [0.4, 0.5) is 5.82 Å². The van der Waals surface area contributed by atoms with E-state index in [0.717, 1.165) is 0 Å². The van der Waals surface area contributed by atoms with E-state index >= 15 is 0 Å². The third-order valence-corrected chi connectivity index (χ3v) is 2.83. The summed E-state index contributed by atoms with van der Waals surface area (Å²) in [7, 11) is 0.793. The molecule has 4 nitrogen and oxygen atoms in total. The number of methoxy groups -OCH3 is 1. The molecule has 0 spiro atoms. The lowest BCUT2D eigenvalue weighted by molar-refractivity contribution is 0.414. The molecule has 0 aliphatic heterocycles. The molecule has 0 amide bonds. The fourth-order valence-electron chi connectivity index (χ4n) is 1.29. The first-order valence-corrected chi connectivity index (χ1v) is 6.41. The second-order valence-electron chi connectivity index (χ2n) is 3.34. The summed E-state index contributed by atoms with van der Waals surface area (Å²) in [6, 6.07) is 3.76. The van der Waals surface area contributed by atoms with Gasteiger partial charge in [-0.15, -0.1) is 0 Å². The van der Waals surface area contributed by atoms with Crippen LogP contribution in [0.2, 0.25) is 0 Å². The first-order chi connectivity index (χ1) is 7.13. The molecule has 84 valence electrons. The lowest BCUT2D eigenvalue weighted by Gasteiger charge is -2.14. The first kappa shape index (κ1) is 12.0. The molecular weight excluding hydrogens is 212 g/mol. The molecule has 1 rings (SSSR count). The molecule has 1 N–H and O–H groups in total. The Labute approximate surface area is 92.5 Å². The fraction of sp³-hybridized carbons (Fsp3) is 0.500. The zero-order valence-corrected chi connectivity index (χ0v) is 10.0. The highest BCUT2D eigenvalue weighted by Gasteiger charge is 2.08. The van der Waals surface area contributed by atoms with Crippen LogP contribution in [-0.2, 0) is 10.8 Å². The highest BCUT2D eigenvalue weighted by atomic mass is 32.2. The van der Waals surface area contributed by atoms with Crippen LogP contribution < -0.4 is 10.1 Å². The Morgan fingerprint density at radius 1 is 1.67 bits per heavy atom. The quantitative estimate of drug-likeness (QED) is 0.824. The number of ether oxygens (including phenoxy) is 1. The lowest BCUT2D eigenvalue weighted by atomic mass is 10.3. The van der Waals surface area contributed by atoms with Gasteiger partial charge in [0.2, 0.25) is 0 Å². The molecule has 1 heterocycles. The van der Waals surface area contributed by atoms with Crippen molar-refractivity contribution in [2.45, 2.75) is 13.0 Å². The van der Waals surface area contributed by atoms with E-state index < -0.39 is 10.8 Å². The van der Waals surface area contributed by atoms with Crippen LogP contribution in [0.1, 0.15) is 6.92 Å². The Morgan fingerprint density at radius 2 is 2.40 bits per heavy atom. The fourth-order valence-corrected chi connectivity index (χ4v) is 2.08. The zero-order chi connectivity index (χ0) is 11.3. The van der Waals surface area contributed by atoms with Crippen molar-refractivity contribution in [1.29, 1.82) is 0 Å². The molecule has 15 heavy (non-hydrogen) atoms. The van der Waals surface area contributed by atoms with Crippen molar-refractivity contribution in [2.24, 2.45) is 0 Å². The van der Waals surface area contributed by atoms with E-state index in [1.807, 2.05) is 19.1 Å². The standard InChI is InChI=1S/C10H16N2O2S/c1-8(7-15(3)13)12-10-9(14-2)5-4-6-11-10/h4-6,8H,7H2,1-3H3,(H,11,12). The Bertz CT molecular complexity index is 344. The monoisotopic (exact) mass is 228 g/mol. The highest BCUT2D eigenvalue weighted by Crippen LogP contribution is 2.20. The average molecular weight is 228 g/mol. The van der Waals surface area contributed by atoms with Crippen molar-refractivity contribution in [1.82, 2.24) is 4.98 Å². The van der Waals surface area contributed by atoms with Gasteiger partial charge in [-0.25, -0.2) is 4.98 Å². The van der Waals surface area contributed by atoms with Gasteiger partial charge >= 0.3 is 0 Å². The van der Waals surface area contributed by atoms with E-state index in [4.69, 9.17) is 4.74 Å². The van der Waals surface area contributed by atoms with Crippen LogP contribution in [0.5, 0.6) is 5.75 Å².